The van der Waals surface area contributed by atoms with Crippen LogP contribution < -0.4 is 5.73 Å². The molecular formula is C15H24Br2N2. The third-order valence-electron chi connectivity index (χ3n) is 3.91. The Labute approximate surface area is 134 Å². The number of rotatable bonds is 4. The highest BCUT2D eigenvalue weighted by Gasteiger charge is 2.28. The molecule has 0 aromatic heterocycles. The zero-order valence-corrected chi connectivity index (χ0v) is 15.5. The summed E-state index contributed by atoms with van der Waals surface area (Å²) in [6.07, 6.45) is 0. The molecule has 0 saturated carbocycles. The van der Waals surface area contributed by atoms with Gasteiger partial charge < -0.3 is 5.73 Å². The molecule has 2 atom stereocenters. The van der Waals surface area contributed by atoms with Crippen LogP contribution in [-0.2, 0) is 0 Å². The predicted molar refractivity (Wildman–Crippen MR) is 90.3 cm³/mol. The van der Waals surface area contributed by atoms with Gasteiger partial charge in [0.2, 0.25) is 0 Å². The van der Waals surface area contributed by atoms with E-state index < -0.39 is 0 Å². The molecule has 1 aromatic carbocycles. The average Bonchev–Trinajstić information content (AvgIpc) is 2.32. The first kappa shape index (κ1) is 17.2. The van der Waals surface area contributed by atoms with Crippen molar-refractivity contribution in [2.24, 2.45) is 11.1 Å². The standard InChI is InChI=1S/C15H24Br2N2/c1-10(15(2,3)4)19(5)14(9-18)11-6-7-12(16)13(17)8-11/h6-8,10,14H,9,18H2,1-5H3. The third-order valence-corrected chi connectivity index (χ3v) is 5.79. The molecule has 1 aromatic rings. The monoisotopic (exact) mass is 390 g/mol. The Morgan fingerprint density at radius 1 is 1.21 bits per heavy atom. The van der Waals surface area contributed by atoms with E-state index in [0.29, 0.717) is 12.6 Å². The Hall–Kier alpha value is 0.1000. The zero-order chi connectivity index (χ0) is 14.8. The van der Waals surface area contributed by atoms with Gasteiger partial charge in [0.15, 0.2) is 0 Å². The SMILES string of the molecule is CC(N(C)C(CN)c1ccc(Br)c(Br)c1)C(C)(C)C. The predicted octanol–water partition coefficient (Wildman–Crippen LogP) is 4.58. The largest absolute Gasteiger partial charge is 0.329 e. The summed E-state index contributed by atoms with van der Waals surface area (Å²) in [6.45, 7) is 9.67. The van der Waals surface area contributed by atoms with Crippen LogP contribution in [0.4, 0.5) is 0 Å². The summed E-state index contributed by atoms with van der Waals surface area (Å²) in [6, 6.07) is 7.03. The fraction of sp³-hybridized carbons (Fsp3) is 0.600. The van der Waals surface area contributed by atoms with Gasteiger partial charge in [-0.05, 0) is 68.9 Å². The number of nitrogens with two attached hydrogens (primary N) is 1. The van der Waals surface area contributed by atoms with Crippen molar-refractivity contribution < 1.29 is 0 Å². The molecule has 0 fully saturated rings. The summed E-state index contributed by atoms with van der Waals surface area (Å²) in [7, 11) is 2.16. The molecule has 19 heavy (non-hydrogen) atoms. The number of benzene rings is 1. The van der Waals surface area contributed by atoms with Crippen molar-refractivity contribution in [2.45, 2.75) is 39.8 Å². The molecule has 1 rings (SSSR count). The van der Waals surface area contributed by atoms with Gasteiger partial charge in [-0.1, -0.05) is 26.8 Å². The zero-order valence-electron chi connectivity index (χ0n) is 12.4. The topological polar surface area (TPSA) is 29.3 Å². The Balaban J connectivity index is 3.03. The molecule has 0 aliphatic carbocycles. The molecule has 0 heterocycles. The minimum atomic E-state index is 0.231. The van der Waals surface area contributed by atoms with Gasteiger partial charge in [0, 0.05) is 27.6 Å². The van der Waals surface area contributed by atoms with Gasteiger partial charge >= 0.3 is 0 Å². The number of halogens is 2. The second-order valence-corrected chi connectivity index (χ2v) is 7.84. The van der Waals surface area contributed by atoms with Crippen LogP contribution in [0.2, 0.25) is 0 Å². The van der Waals surface area contributed by atoms with Crippen LogP contribution in [0.1, 0.15) is 39.3 Å². The molecule has 0 saturated heterocycles. The molecule has 0 aliphatic rings. The fourth-order valence-corrected chi connectivity index (χ4v) is 2.78. The first-order chi connectivity index (χ1) is 8.68. The highest BCUT2D eigenvalue weighted by molar-refractivity contribution is 9.13. The highest BCUT2D eigenvalue weighted by Crippen LogP contribution is 2.32. The second-order valence-electron chi connectivity index (χ2n) is 6.13. The fourth-order valence-electron chi connectivity index (χ4n) is 2.14. The molecule has 4 heteroatoms. The molecule has 0 spiro atoms. The summed E-state index contributed by atoms with van der Waals surface area (Å²) in [4.78, 5) is 2.37. The van der Waals surface area contributed by atoms with Crippen molar-refractivity contribution >= 4 is 31.9 Å². The van der Waals surface area contributed by atoms with Gasteiger partial charge in [-0.25, -0.2) is 0 Å². The minimum absolute atomic E-state index is 0.231. The van der Waals surface area contributed by atoms with Crippen LogP contribution in [0.3, 0.4) is 0 Å². The van der Waals surface area contributed by atoms with E-state index in [1.807, 2.05) is 0 Å². The summed E-state index contributed by atoms with van der Waals surface area (Å²) < 4.78 is 2.14. The third kappa shape index (κ3) is 4.28. The Bertz CT molecular complexity index is 427. The smallest absolute Gasteiger partial charge is 0.0470 e. The maximum atomic E-state index is 6.01. The number of hydrogen-bond acceptors (Lipinski definition) is 2. The van der Waals surface area contributed by atoms with E-state index in [1.54, 1.807) is 0 Å². The number of likely N-dealkylation sites (N-methyl/N-ethyl adjacent to an activating group) is 1. The number of nitrogens with zero attached hydrogens (tertiary/aromatic N) is 1. The normalized spacial score (nSPS) is 15.6. The summed E-state index contributed by atoms with van der Waals surface area (Å²) in [5, 5.41) is 0. The maximum Gasteiger partial charge on any atom is 0.0470 e. The van der Waals surface area contributed by atoms with Gasteiger partial charge in [0.05, 0.1) is 0 Å². The maximum absolute atomic E-state index is 6.01. The van der Waals surface area contributed by atoms with Crippen LogP contribution in [0, 0.1) is 5.41 Å². The van der Waals surface area contributed by atoms with E-state index in [1.165, 1.54) is 5.56 Å². The van der Waals surface area contributed by atoms with Crippen molar-refractivity contribution in [3.8, 4) is 0 Å². The Morgan fingerprint density at radius 2 is 1.79 bits per heavy atom. The van der Waals surface area contributed by atoms with E-state index in [9.17, 15) is 0 Å². The average molecular weight is 392 g/mol. The minimum Gasteiger partial charge on any atom is -0.329 e. The summed E-state index contributed by atoms with van der Waals surface area (Å²) >= 11 is 7.07. The lowest BCUT2D eigenvalue weighted by Gasteiger charge is -2.40. The van der Waals surface area contributed by atoms with Crippen LogP contribution in [0.25, 0.3) is 0 Å². The molecule has 0 bridgehead atoms. The first-order valence-corrected chi connectivity index (χ1v) is 8.14. The van der Waals surface area contributed by atoms with E-state index in [2.05, 4.69) is 89.7 Å². The molecule has 0 aliphatic heterocycles. The van der Waals surface area contributed by atoms with E-state index in [-0.39, 0.29) is 11.5 Å². The van der Waals surface area contributed by atoms with Crippen LogP contribution in [-0.4, -0.2) is 24.5 Å². The summed E-state index contributed by atoms with van der Waals surface area (Å²) in [5.41, 5.74) is 7.48. The number of hydrogen-bond donors (Lipinski definition) is 1. The second kappa shape index (κ2) is 6.70. The van der Waals surface area contributed by atoms with Crippen LogP contribution >= 0.6 is 31.9 Å². The van der Waals surface area contributed by atoms with Crippen molar-refractivity contribution in [3.63, 3.8) is 0 Å². The summed E-state index contributed by atoms with van der Waals surface area (Å²) in [5.74, 6) is 0. The quantitative estimate of drug-likeness (QED) is 0.813. The van der Waals surface area contributed by atoms with E-state index in [4.69, 9.17) is 5.73 Å². The highest BCUT2D eigenvalue weighted by atomic mass is 79.9. The van der Waals surface area contributed by atoms with Gasteiger partial charge in [-0.2, -0.15) is 0 Å². The molecule has 0 radical (unpaired) electrons. The lowest BCUT2D eigenvalue weighted by Crippen LogP contribution is -2.43. The Kier molecular flexibility index (Phi) is 6.05. The molecule has 108 valence electrons. The van der Waals surface area contributed by atoms with Gasteiger partial charge in [0.25, 0.3) is 0 Å². The van der Waals surface area contributed by atoms with Crippen molar-refractivity contribution in [3.05, 3.63) is 32.7 Å². The molecule has 0 amide bonds. The molecule has 2 nitrogen and oxygen atoms in total. The molecule has 2 unspecified atom stereocenters. The molecule has 2 N–H and O–H groups in total. The Morgan fingerprint density at radius 3 is 2.21 bits per heavy atom. The molecular weight excluding hydrogens is 368 g/mol. The lowest BCUT2D eigenvalue weighted by atomic mass is 9.86. The first-order valence-electron chi connectivity index (χ1n) is 6.55. The van der Waals surface area contributed by atoms with Gasteiger partial charge in [-0.15, -0.1) is 0 Å². The van der Waals surface area contributed by atoms with Crippen molar-refractivity contribution in [1.29, 1.82) is 0 Å². The van der Waals surface area contributed by atoms with Gasteiger partial charge in [0.1, 0.15) is 0 Å². The van der Waals surface area contributed by atoms with Crippen molar-refractivity contribution in [1.82, 2.24) is 4.90 Å². The van der Waals surface area contributed by atoms with E-state index >= 15 is 0 Å². The van der Waals surface area contributed by atoms with Crippen molar-refractivity contribution in [2.75, 3.05) is 13.6 Å². The van der Waals surface area contributed by atoms with Crippen LogP contribution in [0.5, 0.6) is 0 Å². The van der Waals surface area contributed by atoms with Crippen LogP contribution in [0.15, 0.2) is 27.1 Å². The van der Waals surface area contributed by atoms with E-state index in [0.717, 1.165) is 8.95 Å². The lowest BCUT2D eigenvalue weighted by molar-refractivity contribution is 0.100. The van der Waals surface area contributed by atoms with Gasteiger partial charge in [-0.3, -0.25) is 4.90 Å².